The predicted octanol–water partition coefficient (Wildman–Crippen LogP) is 5.96. The molecule has 2 heterocycles. The molecule has 0 saturated carbocycles. The molecule has 3 aromatic rings. The van der Waals surface area contributed by atoms with Gasteiger partial charge in [0.25, 0.3) is 0 Å². The fraction of sp³-hybridized carbons (Fsp3) is 0.387. The van der Waals surface area contributed by atoms with Gasteiger partial charge in [-0.1, -0.05) is 89.9 Å². The highest BCUT2D eigenvalue weighted by molar-refractivity contribution is 6.42. The van der Waals surface area contributed by atoms with Gasteiger partial charge in [0, 0.05) is 51.4 Å². The Bertz CT molecular complexity index is 1170. The third kappa shape index (κ3) is 6.94. The number of benzene rings is 3. The summed E-state index contributed by atoms with van der Waals surface area (Å²) in [5.41, 5.74) is 3.58. The van der Waals surface area contributed by atoms with Crippen LogP contribution in [-0.2, 0) is 24.2 Å². The van der Waals surface area contributed by atoms with E-state index in [0.717, 1.165) is 64.1 Å². The maximum Gasteiger partial charge on any atom is 0.227 e. The zero-order valence-electron chi connectivity index (χ0n) is 21.2. The third-order valence-electron chi connectivity index (χ3n) is 7.83. The number of hydrogen-bond acceptors (Lipinski definition) is 3. The normalized spacial score (nSPS) is 21.2. The van der Waals surface area contributed by atoms with Crippen molar-refractivity contribution in [1.82, 2.24) is 14.7 Å². The smallest absolute Gasteiger partial charge is 0.227 e. The second-order valence-corrected chi connectivity index (χ2v) is 11.1. The van der Waals surface area contributed by atoms with Crippen LogP contribution in [0.5, 0.6) is 0 Å². The first-order valence-electron chi connectivity index (χ1n) is 13.3. The minimum Gasteiger partial charge on any atom is -0.339 e. The summed E-state index contributed by atoms with van der Waals surface area (Å²) >= 11 is 12.3. The average Bonchev–Trinajstić information content (AvgIpc) is 2.92. The molecule has 0 aliphatic carbocycles. The van der Waals surface area contributed by atoms with Gasteiger partial charge in [-0.15, -0.1) is 0 Å². The van der Waals surface area contributed by atoms with Crippen LogP contribution in [0.4, 0.5) is 0 Å². The van der Waals surface area contributed by atoms with Gasteiger partial charge < -0.3 is 4.90 Å². The summed E-state index contributed by atoms with van der Waals surface area (Å²) in [6.45, 7) is 6.18. The molecule has 0 bridgehead atoms. The third-order valence-corrected chi connectivity index (χ3v) is 8.57. The largest absolute Gasteiger partial charge is 0.339 e. The molecule has 2 aliphatic heterocycles. The van der Waals surface area contributed by atoms with E-state index in [0.29, 0.717) is 22.5 Å². The van der Waals surface area contributed by atoms with Crippen LogP contribution in [0.2, 0.25) is 10.0 Å². The van der Waals surface area contributed by atoms with Crippen LogP contribution in [0.3, 0.4) is 0 Å². The standard InChI is InChI=1S/C31H35Cl2N3O/c32-29-12-11-26(20-30(29)33)21-31(37)36-14-13-27(22-28(36)19-24-7-3-1-4-8-24)35-17-15-34(16-18-35)23-25-9-5-2-6-10-25/h1-12,20,27-28H,13-19,21-23H2/t27-,28-/m1/s1. The minimum absolute atomic E-state index is 0.172. The van der Waals surface area contributed by atoms with Crippen molar-refractivity contribution in [2.75, 3.05) is 32.7 Å². The lowest BCUT2D eigenvalue weighted by atomic mass is 9.90. The van der Waals surface area contributed by atoms with Gasteiger partial charge >= 0.3 is 0 Å². The van der Waals surface area contributed by atoms with Gasteiger partial charge in [-0.3, -0.25) is 14.6 Å². The summed E-state index contributed by atoms with van der Waals surface area (Å²) in [6, 6.07) is 27.5. The number of nitrogens with zero attached hydrogens (tertiary/aromatic N) is 3. The van der Waals surface area contributed by atoms with Crippen molar-refractivity contribution in [3.8, 4) is 0 Å². The molecule has 6 heteroatoms. The summed E-state index contributed by atoms with van der Waals surface area (Å²) in [5.74, 6) is 0.172. The molecule has 2 atom stereocenters. The summed E-state index contributed by atoms with van der Waals surface area (Å²) in [4.78, 5) is 20.8. The average molecular weight is 537 g/mol. The molecule has 0 unspecified atom stereocenters. The van der Waals surface area contributed by atoms with Crippen LogP contribution in [-0.4, -0.2) is 65.4 Å². The second-order valence-electron chi connectivity index (χ2n) is 10.3. The van der Waals surface area contributed by atoms with Gasteiger partial charge in [0.1, 0.15) is 0 Å². The summed E-state index contributed by atoms with van der Waals surface area (Å²) in [7, 11) is 0. The van der Waals surface area contributed by atoms with Crippen LogP contribution in [0.15, 0.2) is 78.9 Å². The Hall–Kier alpha value is -2.37. The molecule has 2 saturated heterocycles. The van der Waals surface area contributed by atoms with Crippen molar-refractivity contribution in [3.05, 3.63) is 106 Å². The Kier molecular flexibility index (Phi) is 8.83. The van der Waals surface area contributed by atoms with Crippen molar-refractivity contribution in [2.45, 2.75) is 44.3 Å². The molecule has 0 N–H and O–H groups in total. The number of rotatable bonds is 7. The predicted molar refractivity (Wildman–Crippen MR) is 152 cm³/mol. The number of likely N-dealkylation sites (tertiary alicyclic amines) is 1. The van der Waals surface area contributed by atoms with Crippen LogP contribution in [0, 0.1) is 0 Å². The van der Waals surface area contributed by atoms with Crippen molar-refractivity contribution >= 4 is 29.1 Å². The van der Waals surface area contributed by atoms with Crippen LogP contribution < -0.4 is 0 Å². The Morgan fingerprint density at radius 2 is 1.43 bits per heavy atom. The molecular formula is C31H35Cl2N3O. The first-order chi connectivity index (χ1) is 18.0. The van der Waals surface area contributed by atoms with Gasteiger partial charge in [0.15, 0.2) is 0 Å². The first-order valence-corrected chi connectivity index (χ1v) is 14.1. The Labute approximate surface area is 230 Å². The molecule has 3 aromatic carbocycles. The lowest BCUT2D eigenvalue weighted by Crippen LogP contribution is -2.56. The van der Waals surface area contributed by atoms with Gasteiger partial charge in [-0.25, -0.2) is 0 Å². The monoisotopic (exact) mass is 535 g/mol. The number of carbonyl (C=O) groups excluding carboxylic acids is 1. The maximum absolute atomic E-state index is 13.5. The van der Waals surface area contributed by atoms with Crippen LogP contribution >= 0.6 is 23.2 Å². The highest BCUT2D eigenvalue weighted by atomic mass is 35.5. The van der Waals surface area contributed by atoms with E-state index in [1.165, 1.54) is 11.1 Å². The first kappa shape index (κ1) is 26.2. The molecular weight excluding hydrogens is 501 g/mol. The Morgan fingerprint density at radius 1 is 0.757 bits per heavy atom. The van der Waals surface area contributed by atoms with E-state index >= 15 is 0 Å². The van der Waals surface area contributed by atoms with Gasteiger partial charge in [-0.05, 0) is 48.1 Å². The highest BCUT2D eigenvalue weighted by Crippen LogP contribution is 2.28. The van der Waals surface area contributed by atoms with Gasteiger partial charge in [0.05, 0.1) is 16.5 Å². The van der Waals surface area contributed by atoms with E-state index in [2.05, 4.69) is 75.4 Å². The van der Waals surface area contributed by atoms with E-state index < -0.39 is 0 Å². The Morgan fingerprint density at radius 3 is 2.11 bits per heavy atom. The number of piperazine rings is 1. The maximum atomic E-state index is 13.5. The highest BCUT2D eigenvalue weighted by Gasteiger charge is 2.35. The summed E-state index contributed by atoms with van der Waals surface area (Å²) in [5, 5.41) is 1.02. The topological polar surface area (TPSA) is 26.8 Å². The quantitative estimate of drug-likeness (QED) is 0.373. The fourth-order valence-electron chi connectivity index (χ4n) is 5.82. The molecule has 0 spiro atoms. The van der Waals surface area contributed by atoms with Crippen molar-refractivity contribution in [3.63, 3.8) is 0 Å². The number of carbonyl (C=O) groups is 1. The zero-order valence-corrected chi connectivity index (χ0v) is 22.7. The van der Waals surface area contributed by atoms with Gasteiger partial charge in [0.2, 0.25) is 5.91 Å². The van der Waals surface area contributed by atoms with E-state index in [9.17, 15) is 4.79 Å². The fourth-order valence-corrected chi connectivity index (χ4v) is 6.14. The molecule has 2 fully saturated rings. The van der Waals surface area contributed by atoms with E-state index in [-0.39, 0.29) is 11.9 Å². The SMILES string of the molecule is O=C(Cc1ccc(Cl)c(Cl)c1)N1CC[C@@H](N2CCN(Cc3ccccc3)CC2)C[C@H]1Cc1ccccc1. The molecule has 0 aromatic heterocycles. The van der Waals surface area contributed by atoms with Crippen molar-refractivity contribution in [1.29, 1.82) is 0 Å². The van der Waals surface area contributed by atoms with E-state index in [4.69, 9.17) is 23.2 Å². The number of piperidine rings is 1. The van der Waals surface area contributed by atoms with E-state index in [1.807, 2.05) is 12.1 Å². The molecule has 37 heavy (non-hydrogen) atoms. The molecule has 1 amide bonds. The van der Waals surface area contributed by atoms with Crippen LogP contribution in [0.25, 0.3) is 0 Å². The molecule has 5 rings (SSSR count). The summed E-state index contributed by atoms with van der Waals surface area (Å²) < 4.78 is 0. The lowest BCUT2D eigenvalue weighted by molar-refractivity contribution is -0.135. The number of halogens is 2. The summed E-state index contributed by atoms with van der Waals surface area (Å²) in [6.07, 6.45) is 3.28. The minimum atomic E-state index is 0.172. The zero-order chi connectivity index (χ0) is 25.6. The second kappa shape index (κ2) is 12.4. The van der Waals surface area contributed by atoms with Crippen LogP contribution in [0.1, 0.15) is 29.5 Å². The number of hydrogen-bond donors (Lipinski definition) is 0. The molecule has 0 radical (unpaired) electrons. The van der Waals surface area contributed by atoms with E-state index in [1.54, 1.807) is 6.07 Å². The van der Waals surface area contributed by atoms with Gasteiger partial charge in [-0.2, -0.15) is 0 Å². The van der Waals surface area contributed by atoms with Crippen molar-refractivity contribution < 1.29 is 4.79 Å². The lowest BCUT2D eigenvalue weighted by Gasteiger charge is -2.46. The molecule has 2 aliphatic rings. The Balaban J connectivity index is 1.23. The molecule has 194 valence electrons. The molecule has 4 nitrogen and oxygen atoms in total. The number of amides is 1. The van der Waals surface area contributed by atoms with Crippen molar-refractivity contribution in [2.24, 2.45) is 0 Å².